The van der Waals surface area contributed by atoms with Crippen LogP contribution in [0.1, 0.15) is 18.1 Å². The van der Waals surface area contributed by atoms with Crippen LogP contribution in [-0.4, -0.2) is 38.1 Å². The summed E-state index contributed by atoms with van der Waals surface area (Å²) < 4.78 is 11.7. The second-order valence-corrected chi connectivity index (χ2v) is 7.14. The summed E-state index contributed by atoms with van der Waals surface area (Å²) in [6, 6.07) is 11.2. The minimum absolute atomic E-state index is 0.0482. The molecule has 2 aromatic carbocycles. The topological polar surface area (TPSA) is 50.8 Å². The molecule has 0 aliphatic carbocycles. The van der Waals surface area contributed by atoms with Gasteiger partial charge < -0.3 is 14.8 Å². The Hall–Kier alpha value is -2.05. The number of ether oxygens (including phenoxy) is 2. The standard InChI is InChI=1S/C20H25BrN2O3/c1-13-10-18(25-4)19(26-5)11-15(13)12-23(3)14(2)20(24)22-17-8-6-16(21)7-9-17/h6-11,14H,12H2,1-5H3,(H,22,24)/t14-/m1/s1. The lowest BCUT2D eigenvalue weighted by molar-refractivity contribution is -0.120. The van der Waals surface area contributed by atoms with Gasteiger partial charge in [0.2, 0.25) is 5.91 Å². The zero-order valence-electron chi connectivity index (χ0n) is 15.8. The van der Waals surface area contributed by atoms with E-state index < -0.39 is 0 Å². The van der Waals surface area contributed by atoms with Gasteiger partial charge in [-0.05, 0) is 68.4 Å². The molecule has 6 heteroatoms. The van der Waals surface area contributed by atoms with Gasteiger partial charge in [-0.1, -0.05) is 15.9 Å². The number of hydrogen-bond acceptors (Lipinski definition) is 4. The van der Waals surface area contributed by atoms with Gasteiger partial charge in [0.05, 0.1) is 20.3 Å². The fourth-order valence-electron chi connectivity index (χ4n) is 2.58. The highest BCUT2D eigenvalue weighted by atomic mass is 79.9. The molecule has 0 saturated heterocycles. The smallest absolute Gasteiger partial charge is 0.241 e. The molecule has 0 fully saturated rings. The summed E-state index contributed by atoms with van der Waals surface area (Å²) in [6.07, 6.45) is 0. The van der Waals surface area contributed by atoms with Gasteiger partial charge in [-0.2, -0.15) is 0 Å². The number of benzene rings is 2. The number of nitrogens with one attached hydrogen (secondary N) is 1. The van der Waals surface area contributed by atoms with Crippen LogP contribution in [0, 0.1) is 6.92 Å². The number of amides is 1. The molecular weight excluding hydrogens is 396 g/mol. The highest BCUT2D eigenvalue weighted by Crippen LogP contribution is 2.31. The van der Waals surface area contributed by atoms with Crippen molar-refractivity contribution in [1.29, 1.82) is 0 Å². The van der Waals surface area contributed by atoms with E-state index in [0.29, 0.717) is 18.0 Å². The monoisotopic (exact) mass is 420 g/mol. The van der Waals surface area contributed by atoms with Crippen LogP contribution in [0.4, 0.5) is 5.69 Å². The van der Waals surface area contributed by atoms with E-state index >= 15 is 0 Å². The summed E-state index contributed by atoms with van der Waals surface area (Å²) >= 11 is 3.39. The predicted molar refractivity (Wildman–Crippen MR) is 108 cm³/mol. The fraction of sp³-hybridized carbons (Fsp3) is 0.350. The van der Waals surface area contributed by atoms with Crippen molar-refractivity contribution in [2.45, 2.75) is 26.4 Å². The number of aryl methyl sites for hydroxylation is 1. The third-order valence-corrected chi connectivity index (χ3v) is 4.94. The van der Waals surface area contributed by atoms with Gasteiger partial charge in [-0.3, -0.25) is 9.69 Å². The average molecular weight is 421 g/mol. The molecular formula is C20H25BrN2O3. The van der Waals surface area contributed by atoms with E-state index in [9.17, 15) is 4.79 Å². The maximum absolute atomic E-state index is 12.5. The number of halogens is 1. The number of rotatable bonds is 7. The molecule has 0 bridgehead atoms. The SMILES string of the molecule is COc1cc(C)c(CN(C)[C@H](C)C(=O)Nc2ccc(Br)cc2)cc1OC. The second kappa shape index (κ2) is 9.05. The molecule has 1 amide bonds. The van der Waals surface area contributed by atoms with Gasteiger partial charge in [0.1, 0.15) is 0 Å². The molecule has 0 aromatic heterocycles. The van der Waals surface area contributed by atoms with Gasteiger partial charge in [0.25, 0.3) is 0 Å². The molecule has 140 valence electrons. The lowest BCUT2D eigenvalue weighted by atomic mass is 10.1. The van der Waals surface area contributed by atoms with Crippen LogP contribution >= 0.6 is 15.9 Å². The summed E-state index contributed by atoms with van der Waals surface area (Å²) in [4.78, 5) is 14.5. The fourth-order valence-corrected chi connectivity index (χ4v) is 2.84. The van der Waals surface area contributed by atoms with Gasteiger partial charge in [-0.15, -0.1) is 0 Å². The third kappa shape index (κ3) is 4.99. The summed E-state index contributed by atoms with van der Waals surface area (Å²) in [6.45, 7) is 4.54. The Kier molecular flexibility index (Phi) is 7.06. The Bertz CT molecular complexity index is 762. The van der Waals surface area contributed by atoms with Crippen molar-refractivity contribution < 1.29 is 14.3 Å². The first-order chi connectivity index (χ1) is 12.3. The molecule has 0 unspecified atom stereocenters. The number of hydrogen-bond donors (Lipinski definition) is 1. The highest BCUT2D eigenvalue weighted by molar-refractivity contribution is 9.10. The maximum Gasteiger partial charge on any atom is 0.241 e. The van der Waals surface area contributed by atoms with Gasteiger partial charge in [-0.25, -0.2) is 0 Å². The molecule has 0 spiro atoms. The summed E-state index contributed by atoms with van der Waals surface area (Å²) in [5.41, 5.74) is 2.96. The highest BCUT2D eigenvalue weighted by Gasteiger charge is 2.20. The number of nitrogens with zero attached hydrogens (tertiary/aromatic N) is 1. The summed E-state index contributed by atoms with van der Waals surface area (Å²) in [5.74, 6) is 1.35. The molecule has 2 rings (SSSR count). The van der Waals surface area contributed by atoms with E-state index in [1.807, 2.05) is 62.2 Å². The first kappa shape index (κ1) is 20.3. The van der Waals surface area contributed by atoms with Crippen molar-refractivity contribution in [3.05, 3.63) is 52.0 Å². The van der Waals surface area contributed by atoms with Gasteiger partial charge in [0.15, 0.2) is 11.5 Å². The van der Waals surface area contributed by atoms with Crippen LogP contribution in [0.2, 0.25) is 0 Å². The number of methoxy groups -OCH3 is 2. The van der Waals surface area contributed by atoms with E-state index in [2.05, 4.69) is 21.2 Å². The zero-order chi connectivity index (χ0) is 19.3. The quantitative estimate of drug-likeness (QED) is 0.727. The first-order valence-corrected chi connectivity index (χ1v) is 9.13. The van der Waals surface area contributed by atoms with Crippen LogP contribution in [0.25, 0.3) is 0 Å². The molecule has 0 aliphatic rings. The first-order valence-electron chi connectivity index (χ1n) is 8.34. The van der Waals surface area contributed by atoms with Crippen molar-refractivity contribution >= 4 is 27.5 Å². The van der Waals surface area contributed by atoms with E-state index in [4.69, 9.17) is 9.47 Å². The van der Waals surface area contributed by atoms with Gasteiger partial charge >= 0.3 is 0 Å². The molecule has 0 heterocycles. The van der Waals surface area contributed by atoms with Crippen molar-refractivity contribution in [1.82, 2.24) is 4.90 Å². The largest absolute Gasteiger partial charge is 0.493 e. The van der Waals surface area contributed by atoms with Crippen LogP contribution < -0.4 is 14.8 Å². The predicted octanol–water partition coefficient (Wildman–Crippen LogP) is 4.23. The van der Waals surface area contributed by atoms with Crippen molar-refractivity contribution in [2.24, 2.45) is 0 Å². The maximum atomic E-state index is 12.5. The van der Waals surface area contributed by atoms with Crippen LogP contribution in [0.5, 0.6) is 11.5 Å². The number of likely N-dealkylation sites (N-methyl/N-ethyl adjacent to an activating group) is 1. The molecule has 2 aromatic rings. The summed E-state index contributed by atoms with van der Waals surface area (Å²) in [5, 5.41) is 2.94. The lowest BCUT2D eigenvalue weighted by Crippen LogP contribution is -2.39. The molecule has 0 radical (unpaired) electrons. The summed E-state index contributed by atoms with van der Waals surface area (Å²) in [7, 11) is 5.18. The molecule has 0 saturated carbocycles. The van der Waals surface area contributed by atoms with E-state index in [1.165, 1.54) is 0 Å². The Balaban J connectivity index is 2.07. The minimum Gasteiger partial charge on any atom is -0.493 e. The number of carbonyl (C=O) groups is 1. The molecule has 0 aliphatic heterocycles. The third-order valence-electron chi connectivity index (χ3n) is 4.41. The molecule has 1 atom stereocenters. The van der Waals surface area contributed by atoms with Gasteiger partial charge in [0, 0.05) is 16.7 Å². The number of anilines is 1. The van der Waals surface area contributed by atoms with Crippen molar-refractivity contribution in [2.75, 3.05) is 26.6 Å². The van der Waals surface area contributed by atoms with E-state index in [-0.39, 0.29) is 11.9 Å². The molecule has 26 heavy (non-hydrogen) atoms. The zero-order valence-corrected chi connectivity index (χ0v) is 17.4. The van der Waals surface area contributed by atoms with E-state index in [0.717, 1.165) is 21.3 Å². The van der Waals surface area contributed by atoms with Crippen LogP contribution in [-0.2, 0) is 11.3 Å². The normalized spacial score (nSPS) is 12.0. The Labute approximate surface area is 163 Å². The Morgan fingerprint density at radius 1 is 1.15 bits per heavy atom. The average Bonchev–Trinajstić information content (AvgIpc) is 2.63. The molecule has 5 nitrogen and oxygen atoms in total. The van der Waals surface area contributed by atoms with E-state index in [1.54, 1.807) is 14.2 Å². The molecule has 1 N–H and O–H groups in total. The lowest BCUT2D eigenvalue weighted by Gasteiger charge is -2.25. The second-order valence-electron chi connectivity index (χ2n) is 6.22. The Morgan fingerprint density at radius 2 is 1.73 bits per heavy atom. The Morgan fingerprint density at radius 3 is 2.31 bits per heavy atom. The minimum atomic E-state index is -0.286. The van der Waals surface area contributed by atoms with Crippen molar-refractivity contribution in [3.63, 3.8) is 0 Å². The van der Waals surface area contributed by atoms with Crippen LogP contribution in [0.15, 0.2) is 40.9 Å². The van der Waals surface area contributed by atoms with Crippen molar-refractivity contribution in [3.8, 4) is 11.5 Å². The van der Waals surface area contributed by atoms with Crippen LogP contribution in [0.3, 0.4) is 0 Å². The number of carbonyl (C=O) groups excluding carboxylic acids is 1.